The molecule has 0 N–H and O–H groups in total. The molecule has 37 heavy (non-hydrogen) atoms. The van der Waals surface area contributed by atoms with Crippen LogP contribution in [0.15, 0.2) is 36.7 Å². The van der Waals surface area contributed by atoms with Crippen molar-refractivity contribution in [2.24, 2.45) is 0 Å². The summed E-state index contributed by atoms with van der Waals surface area (Å²) in [6.45, 7) is 7.51. The quantitative estimate of drug-likeness (QED) is 0.254. The van der Waals surface area contributed by atoms with E-state index < -0.39 is 18.4 Å². The Bertz CT molecular complexity index is 1160. The Balaban J connectivity index is 1.55. The van der Waals surface area contributed by atoms with Gasteiger partial charge >= 0.3 is 206 Å². The molecule has 1 aromatic carbocycles. The summed E-state index contributed by atoms with van der Waals surface area (Å²) in [6, 6.07) is 7.35. The Morgan fingerprint density at radius 1 is 1.00 bits per heavy atom. The molecule has 3 heterocycles. The Morgan fingerprint density at radius 2 is 1.65 bits per heavy atom. The molecule has 198 valence electrons. The average molecular weight is 613 g/mol. The molecule has 0 atom stereocenters. The van der Waals surface area contributed by atoms with Crippen LogP contribution in [0, 0.1) is 5.82 Å². The van der Waals surface area contributed by atoms with Gasteiger partial charge in [-0.3, -0.25) is 0 Å². The number of fused-ring (bicyclic) bond motifs is 1. The van der Waals surface area contributed by atoms with Gasteiger partial charge in [0.1, 0.15) is 0 Å². The molecule has 2 aromatic heterocycles. The van der Waals surface area contributed by atoms with Crippen molar-refractivity contribution in [1.82, 2.24) is 29.9 Å². The number of benzene rings is 1. The van der Waals surface area contributed by atoms with E-state index in [9.17, 15) is 4.79 Å². The molecule has 0 saturated heterocycles. The molecular weight excluding hydrogens is 574 g/mol. The summed E-state index contributed by atoms with van der Waals surface area (Å²) in [4.78, 5) is 23.6. The number of unbranched alkanes of at least 4 members (excludes halogenated alkanes) is 3. The van der Waals surface area contributed by atoms with E-state index in [-0.39, 0.29) is 17.3 Å². The van der Waals surface area contributed by atoms with E-state index in [1.165, 1.54) is 55.4 Å². The number of aromatic nitrogens is 5. The predicted molar refractivity (Wildman–Crippen MR) is 146 cm³/mol. The summed E-state index contributed by atoms with van der Waals surface area (Å²) in [5, 5.41) is 8.47. The van der Waals surface area contributed by atoms with E-state index >= 15 is 4.39 Å². The monoisotopic (exact) mass is 614 g/mol. The van der Waals surface area contributed by atoms with Crippen molar-refractivity contribution >= 4 is 27.9 Å². The number of halogens is 1. The van der Waals surface area contributed by atoms with Crippen LogP contribution in [0.2, 0.25) is 13.3 Å². The molecule has 0 fully saturated rings. The van der Waals surface area contributed by atoms with Gasteiger partial charge in [0.15, 0.2) is 0 Å². The average Bonchev–Trinajstić information content (AvgIpc) is 3.36. The third-order valence-corrected chi connectivity index (χ3v) is 23.3. The van der Waals surface area contributed by atoms with E-state index in [2.05, 4.69) is 47.1 Å². The summed E-state index contributed by atoms with van der Waals surface area (Å²) in [5.74, 6) is -0.196. The van der Waals surface area contributed by atoms with E-state index in [0.717, 1.165) is 5.69 Å². The minimum absolute atomic E-state index is 0.160. The summed E-state index contributed by atoms with van der Waals surface area (Å²) >= 11 is -2.77. The minimum atomic E-state index is -2.77. The van der Waals surface area contributed by atoms with Crippen molar-refractivity contribution in [3.8, 4) is 5.95 Å². The molecule has 0 saturated carbocycles. The van der Waals surface area contributed by atoms with Crippen molar-refractivity contribution in [3.63, 3.8) is 0 Å². The first kappa shape index (κ1) is 27.7. The Kier molecular flexibility index (Phi) is 9.67. The van der Waals surface area contributed by atoms with Gasteiger partial charge in [-0.1, -0.05) is 0 Å². The fourth-order valence-corrected chi connectivity index (χ4v) is 21.4. The zero-order chi connectivity index (χ0) is 26.3. The number of carbonyl (C=O) groups excluding carboxylic acids is 1. The molecule has 1 amide bonds. The fraction of sp³-hybridized carbons (Fsp3) is 0.536. The summed E-state index contributed by atoms with van der Waals surface area (Å²) < 4.78 is 22.3. The molecule has 1 aliphatic rings. The van der Waals surface area contributed by atoms with Gasteiger partial charge < -0.3 is 0 Å². The number of hydrogen-bond acceptors (Lipinski definition) is 5. The molecule has 7 nitrogen and oxygen atoms in total. The first-order valence-corrected chi connectivity index (χ1v) is 21.3. The van der Waals surface area contributed by atoms with Gasteiger partial charge in [0, 0.05) is 12.4 Å². The van der Waals surface area contributed by atoms with Crippen molar-refractivity contribution < 1.29 is 9.18 Å². The van der Waals surface area contributed by atoms with Gasteiger partial charge in [-0.2, -0.15) is 0 Å². The van der Waals surface area contributed by atoms with E-state index in [1.54, 1.807) is 40.2 Å². The standard InChI is InChI=1S/C16H12FN6O.3C4H9.Sn/c17-12-5-2-1-4-11(12)15(24)22-9-6-14-13(10-22)20-21-23(14)16-18-7-3-8-19-16;3*1-3-4-2;/h1,3-5,7-8H,6,9-10H2;3*1,3-4H2,2H3;. The summed E-state index contributed by atoms with van der Waals surface area (Å²) in [5.41, 5.74) is 1.76. The molecule has 0 unspecified atom stereocenters. The number of rotatable bonds is 12. The first-order chi connectivity index (χ1) is 18.0. The maximum absolute atomic E-state index is 15.6. The maximum atomic E-state index is 15.6. The molecule has 3 aromatic rings. The molecule has 0 aliphatic carbocycles. The third-order valence-electron chi connectivity index (χ3n) is 7.67. The van der Waals surface area contributed by atoms with Gasteiger partial charge in [0.05, 0.1) is 0 Å². The first-order valence-electron chi connectivity index (χ1n) is 13.8. The van der Waals surface area contributed by atoms with Crippen LogP contribution in [-0.4, -0.2) is 60.7 Å². The van der Waals surface area contributed by atoms with Crippen LogP contribution in [0.25, 0.3) is 5.95 Å². The van der Waals surface area contributed by atoms with Crippen LogP contribution >= 0.6 is 0 Å². The van der Waals surface area contributed by atoms with Gasteiger partial charge in [0.25, 0.3) is 0 Å². The van der Waals surface area contributed by atoms with E-state index in [0.29, 0.717) is 31.2 Å². The Labute approximate surface area is 223 Å². The van der Waals surface area contributed by atoms with Crippen molar-refractivity contribution in [2.45, 2.75) is 85.6 Å². The zero-order valence-electron chi connectivity index (χ0n) is 22.4. The van der Waals surface area contributed by atoms with Crippen LogP contribution in [0.4, 0.5) is 4.39 Å². The molecule has 9 heteroatoms. The van der Waals surface area contributed by atoms with Crippen molar-refractivity contribution in [1.29, 1.82) is 0 Å². The van der Waals surface area contributed by atoms with Crippen LogP contribution in [0.1, 0.15) is 81.0 Å². The SMILES string of the molecule is CCC[CH2][Sn]([CH2]CCC)([CH2]CCC)[c]1ccc(C(=O)N2CCc3c(nnn3-c3ncccn3)C2)c(F)c1. The molecule has 0 radical (unpaired) electrons. The summed E-state index contributed by atoms with van der Waals surface area (Å²) in [7, 11) is 0. The van der Waals surface area contributed by atoms with Gasteiger partial charge in [-0.25, -0.2) is 0 Å². The normalized spacial score (nSPS) is 13.6. The molecule has 0 spiro atoms. The van der Waals surface area contributed by atoms with Crippen LogP contribution in [-0.2, 0) is 13.0 Å². The van der Waals surface area contributed by atoms with Crippen LogP contribution in [0.5, 0.6) is 0 Å². The van der Waals surface area contributed by atoms with Crippen molar-refractivity contribution in [2.75, 3.05) is 6.54 Å². The predicted octanol–water partition coefficient (Wildman–Crippen LogP) is 5.45. The fourth-order valence-electron chi connectivity index (χ4n) is 5.48. The second kappa shape index (κ2) is 12.9. The summed E-state index contributed by atoms with van der Waals surface area (Å²) in [6.07, 6.45) is 11.1. The second-order valence-electron chi connectivity index (χ2n) is 10.2. The number of carbonyl (C=O) groups is 1. The third kappa shape index (κ3) is 6.21. The second-order valence-corrected chi connectivity index (χ2v) is 23.4. The molecule has 1 aliphatic heterocycles. The molecular formula is C28H39FN6OSn. The van der Waals surface area contributed by atoms with Crippen LogP contribution in [0.3, 0.4) is 0 Å². The van der Waals surface area contributed by atoms with E-state index in [1.807, 2.05) is 0 Å². The molecule has 0 bridgehead atoms. The topological polar surface area (TPSA) is 76.8 Å². The Hall–Kier alpha value is -2.36. The van der Waals surface area contributed by atoms with Crippen molar-refractivity contribution in [3.05, 3.63) is 59.4 Å². The van der Waals surface area contributed by atoms with Crippen LogP contribution < -0.4 is 3.58 Å². The number of hydrogen-bond donors (Lipinski definition) is 0. The van der Waals surface area contributed by atoms with Gasteiger partial charge in [0.2, 0.25) is 0 Å². The number of nitrogens with zero attached hydrogens (tertiary/aromatic N) is 6. The van der Waals surface area contributed by atoms with Gasteiger partial charge in [-0.15, -0.1) is 0 Å². The Morgan fingerprint density at radius 3 is 2.24 bits per heavy atom. The van der Waals surface area contributed by atoms with Gasteiger partial charge in [-0.05, 0) is 6.07 Å². The molecule has 4 rings (SSSR count). The zero-order valence-corrected chi connectivity index (χ0v) is 25.3. The van der Waals surface area contributed by atoms with E-state index in [4.69, 9.17) is 0 Å². The number of amides is 1.